The van der Waals surface area contributed by atoms with Crippen LogP contribution in [0.15, 0.2) is 53.6 Å². The highest BCUT2D eigenvalue weighted by molar-refractivity contribution is 5.79. The van der Waals surface area contributed by atoms with E-state index in [1.54, 1.807) is 13.0 Å². The van der Waals surface area contributed by atoms with Crippen molar-refractivity contribution in [2.75, 3.05) is 31.1 Å². The highest BCUT2D eigenvalue weighted by Crippen LogP contribution is 2.20. The predicted molar refractivity (Wildman–Crippen MR) is 125 cm³/mol. The van der Waals surface area contributed by atoms with Crippen LogP contribution in [0.1, 0.15) is 31.4 Å². The molecule has 3 heterocycles. The molecule has 1 aliphatic rings. The third kappa shape index (κ3) is 5.54. The van der Waals surface area contributed by atoms with Crippen LogP contribution in [0.25, 0.3) is 11.3 Å². The molecule has 0 aliphatic carbocycles. The van der Waals surface area contributed by atoms with Gasteiger partial charge in [0.25, 0.3) is 5.56 Å². The van der Waals surface area contributed by atoms with Gasteiger partial charge in [-0.05, 0) is 32.8 Å². The number of aromatic nitrogens is 4. The molecular formula is C24H28N6O3. The Kier molecular flexibility index (Phi) is 6.97. The zero-order chi connectivity index (χ0) is 23.2. The van der Waals surface area contributed by atoms with Crippen molar-refractivity contribution in [3.8, 4) is 17.1 Å². The molecule has 1 aliphatic heterocycles. The van der Waals surface area contributed by atoms with Gasteiger partial charge in [0.2, 0.25) is 11.8 Å². The second-order valence-corrected chi connectivity index (χ2v) is 8.09. The van der Waals surface area contributed by atoms with E-state index in [1.807, 2.05) is 37.3 Å². The van der Waals surface area contributed by atoms with Gasteiger partial charge in [-0.3, -0.25) is 9.59 Å². The number of anilines is 1. The second kappa shape index (κ2) is 10.2. The van der Waals surface area contributed by atoms with E-state index in [-0.39, 0.29) is 24.6 Å². The van der Waals surface area contributed by atoms with Crippen LogP contribution in [0.2, 0.25) is 0 Å². The lowest BCUT2D eigenvalue weighted by molar-refractivity contribution is -0.124. The predicted octanol–water partition coefficient (Wildman–Crippen LogP) is 2.37. The fourth-order valence-corrected chi connectivity index (χ4v) is 3.70. The minimum absolute atomic E-state index is 0.251. The van der Waals surface area contributed by atoms with Gasteiger partial charge in [0, 0.05) is 30.8 Å². The van der Waals surface area contributed by atoms with E-state index < -0.39 is 6.04 Å². The number of hydrogen-bond donors (Lipinski definition) is 1. The molecule has 0 radical (unpaired) electrons. The van der Waals surface area contributed by atoms with Crippen LogP contribution in [0, 0.1) is 6.92 Å². The van der Waals surface area contributed by atoms with E-state index in [4.69, 9.17) is 4.74 Å². The highest BCUT2D eigenvalue weighted by Gasteiger charge is 2.18. The summed E-state index contributed by atoms with van der Waals surface area (Å²) in [5.41, 5.74) is 2.32. The molecule has 1 fully saturated rings. The van der Waals surface area contributed by atoms with Gasteiger partial charge in [-0.2, -0.15) is 5.10 Å². The van der Waals surface area contributed by atoms with Gasteiger partial charge in [0.05, 0.1) is 12.2 Å². The summed E-state index contributed by atoms with van der Waals surface area (Å²) >= 11 is 0. The Morgan fingerprint density at radius 2 is 1.88 bits per heavy atom. The number of amides is 1. The zero-order valence-electron chi connectivity index (χ0n) is 18.9. The third-order valence-corrected chi connectivity index (χ3v) is 5.63. The van der Waals surface area contributed by atoms with Crippen molar-refractivity contribution in [2.45, 2.75) is 32.7 Å². The van der Waals surface area contributed by atoms with Gasteiger partial charge in [0.1, 0.15) is 24.8 Å². The van der Waals surface area contributed by atoms with E-state index in [2.05, 4.69) is 25.3 Å². The summed E-state index contributed by atoms with van der Waals surface area (Å²) in [5, 5.41) is 7.20. The van der Waals surface area contributed by atoms with Gasteiger partial charge in [-0.15, -0.1) is 0 Å². The SMILES string of the molecule is Cc1ccc(-c2ccc(=O)n(C(C)C(=O)NCCOc3cc(N4CCCC4)ncn3)n2)cc1. The van der Waals surface area contributed by atoms with Crippen molar-refractivity contribution in [2.24, 2.45) is 0 Å². The van der Waals surface area contributed by atoms with Crippen molar-refractivity contribution in [3.05, 3.63) is 64.7 Å². The maximum Gasteiger partial charge on any atom is 0.267 e. The van der Waals surface area contributed by atoms with Gasteiger partial charge in [0.15, 0.2) is 0 Å². The molecule has 1 saturated heterocycles. The molecule has 0 spiro atoms. The van der Waals surface area contributed by atoms with Crippen molar-refractivity contribution >= 4 is 11.7 Å². The zero-order valence-corrected chi connectivity index (χ0v) is 18.9. The highest BCUT2D eigenvalue weighted by atomic mass is 16.5. The molecule has 1 N–H and O–H groups in total. The van der Waals surface area contributed by atoms with Crippen LogP contribution in [-0.4, -0.2) is 51.9 Å². The van der Waals surface area contributed by atoms with Crippen molar-refractivity contribution in [1.82, 2.24) is 25.1 Å². The Hall–Kier alpha value is -3.75. The molecular weight excluding hydrogens is 420 g/mol. The average molecular weight is 449 g/mol. The Morgan fingerprint density at radius 1 is 1.12 bits per heavy atom. The number of carbonyl (C=O) groups is 1. The molecule has 2 aromatic heterocycles. The third-order valence-electron chi connectivity index (χ3n) is 5.63. The Morgan fingerprint density at radius 3 is 2.64 bits per heavy atom. The summed E-state index contributed by atoms with van der Waals surface area (Å²) in [5.74, 6) is 1.02. The first-order valence-electron chi connectivity index (χ1n) is 11.2. The first-order chi connectivity index (χ1) is 16.0. The normalized spacial score (nSPS) is 14.2. The smallest absolute Gasteiger partial charge is 0.267 e. The number of ether oxygens (including phenoxy) is 1. The molecule has 3 aromatic rings. The number of nitrogens with zero attached hydrogens (tertiary/aromatic N) is 5. The van der Waals surface area contributed by atoms with Gasteiger partial charge in [-0.1, -0.05) is 29.8 Å². The molecule has 1 atom stereocenters. The van der Waals surface area contributed by atoms with Crippen LogP contribution in [0.4, 0.5) is 5.82 Å². The Labute approximate surface area is 192 Å². The standard InChI is InChI=1S/C24H28N6O3/c1-17-5-7-19(8-6-17)20-9-10-23(31)30(28-20)18(2)24(32)25-11-14-33-22-15-21(26-16-27-22)29-12-3-4-13-29/h5-10,15-16,18H,3-4,11-14H2,1-2H3,(H,25,32). The van der Waals surface area contributed by atoms with E-state index in [1.165, 1.54) is 17.1 Å². The van der Waals surface area contributed by atoms with E-state index in [0.717, 1.165) is 42.9 Å². The number of carbonyl (C=O) groups excluding carboxylic acids is 1. The van der Waals surface area contributed by atoms with Crippen molar-refractivity contribution in [1.29, 1.82) is 0 Å². The summed E-state index contributed by atoms with van der Waals surface area (Å²) in [6.45, 7) is 6.16. The molecule has 9 heteroatoms. The first-order valence-corrected chi connectivity index (χ1v) is 11.2. The van der Waals surface area contributed by atoms with E-state index in [0.29, 0.717) is 11.6 Å². The summed E-state index contributed by atoms with van der Waals surface area (Å²) in [6.07, 6.45) is 3.81. The lowest BCUT2D eigenvalue weighted by atomic mass is 10.1. The maximum atomic E-state index is 12.6. The molecule has 0 bridgehead atoms. The fraction of sp³-hybridized carbons (Fsp3) is 0.375. The minimum atomic E-state index is -0.760. The first kappa shape index (κ1) is 22.4. The van der Waals surface area contributed by atoms with Crippen LogP contribution >= 0.6 is 0 Å². The molecule has 172 valence electrons. The number of benzene rings is 1. The number of rotatable bonds is 8. The second-order valence-electron chi connectivity index (χ2n) is 8.09. The summed E-state index contributed by atoms with van der Waals surface area (Å²) < 4.78 is 6.88. The maximum absolute atomic E-state index is 12.6. The number of hydrogen-bond acceptors (Lipinski definition) is 7. The summed E-state index contributed by atoms with van der Waals surface area (Å²) in [4.78, 5) is 35.6. The van der Waals surface area contributed by atoms with Crippen LogP contribution in [0.5, 0.6) is 5.88 Å². The van der Waals surface area contributed by atoms with Gasteiger partial charge >= 0.3 is 0 Å². The van der Waals surface area contributed by atoms with Crippen molar-refractivity contribution in [3.63, 3.8) is 0 Å². The minimum Gasteiger partial charge on any atom is -0.476 e. The average Bonchev–Trinajstić information content (AvgIpc) is 3.38. The van der Waals surface area contributed by atoms with E-state index in [9.17, 15) is 9.59 Å². The van der Waals surface area contributed by atoms with Crippen LogP contribution < -0.4 is 20.5 Å². The summed E-state index contributed by atoms with van der Waals surface area (Å²) in [6, 6.07) is 12.0. The quantitative estimate of drug-likeness (QED) is 0.528. The molecule has 0 saturated carbocycles. The largest absolute Gasteiger partial charge is 0.476 e. The fourth-order valence-electron chi connectivity index (χ4n) is 3.70. The lowest BCUT2D eigenvalue weighted by Gasteiger charge is -2.17. The Bertz CT molecular complexity index is 1160. The van der Waals surface area contributed by atoms with Gasteiger partial charge in [-0.25, -0.2) is 14.6 Å². The van der Waals surface area contributed by atoms with Crippen molar-refractivity contribution < 1.29 is 9.53 Å². The van der Waals surface area contributed by atoms with Gasteiger partial charge < -0.3 is 15.0 Å². The molecule has 4 rings (SSSR count). The van der Waals surface area contributed by atoms with E-state index >= 15 is 0 Å². The molecule has 1 aromatic carbocycles. The summed E-state index contributed by atoms with van der Waals surface area (Å²) in [7, 11) is 0. The lowest BCUT2D eigenvalue weighted by Crippen LogP contribution is -2.38. The molecule has 1 amide bonds. The number of aryl methyl sites for hydroxylation is 1. The molecule has 33 heavy (non-hydrogen) atoms. The monoisotopic (exact) mass is 448 g/mol. The number of nitrogens with one attached hydrogen (secondary N) is 1. The van der Waals surface area contributed by atoms with Crippen LogP contribution in [0.3, 0.4) is 0 Å². The molecule has 9 nitrogen and oxygen atoms in total. The topological polar surface area (TPSA) is 102 Å². The van der Waals surface area contributed by atoms with Crippen LogP contribution in [-0.2, 0) is 4.79 Å². The molecule has 1 unspecified atom stereocenters. The Balaban J connectivity index is 1.32.